The Balaban J connectivity index is 1.55. The average molecular weight is 427 g/mol. The monoisotopic (exact) mass is 426 g/mol. The molecule has 0 spiro atoms. The van der Waals surface area contributed by atoms with Crippen molar-refractivity contribution in [3.05, 3.63) is 29.3 Å². The summed E-state index contributed by atoms with van der Waals surface area (Å²) in [6.45, 7) is 11.5. The number of nitrogens with two attached hydrogens (primary N) is 1. The smallest absolute Gasteiger partial charge is 0.225 e. The second-order valence-electron chi connectivity index (χ2n) is 11.5. The number of carbonyl (C=O) groups is 2. The van der Waals surface area contributed by atoms with Crippen LogP contribution in [0.1, 0.15) is 77.8 Å². The summed E-state index contributed by atoms with van der Waals surface area (Å²) < 4.78 is 0. The van der Waals surface area contributed by atoms with Crippen molar-refractivity contribution in [1.29, 1.82) is 0 Å². The summed E-state index contributed by atoms with van der Waals surface area (Å²) >= 11 is 0. The molecule has 1 saturated carbocycles. The number of carbonyl (C=O) groups excluding carboxylic acids is 2. The SMILES string of the molecule is CC1(C)[C@H]2Cc3c(O)cccc3[C@]1(C)CCN2C(=O)[C@H]1CC[C@@H](C(C)(C)C(N)=O)CC1. The molecule has 170 valence electrons. The zero-order chi connectivity index (χ0) is 22.8. The Bertz CT molecular complexity index is 898. The van der Waals surface area contributed by atoms with Crippen LogP contribution >= 0.6 is 0 Å². The van der Waals surface area contributed by atoms with Gasteiger partial charge in [0, 0.05) is 29.3 Å². The third-order valence-corrected chi connectivity index (χ3v) is 9.64. The number of hydrogen-bond donors (Lipinski definition) is 2. The van der Waals surface area contributed by atoms with Crippen LogP contribution in [0, 0.1) is 22.7 Å². The number of likely N-dealkylation sites (tertiary alicyclic amines) is 1. The highest BCUT2D eigenvalue weighted by Gasteiger charge is 2.57. The maximum Gasteiger partial charge on any atom is 0.225 e. The summed E-state index contributed by atoms with van der Waals surface area (Å²) in [5, 5.41) is 10.6. The van der Waals surface area contributed by atoms with E-state index in [1.165, 1.54) is 5.56 Å². The molecule has 1 aromatic rings. The number of phenolic OH excluding ortho intramolecular Hbond substituents is 1. The quantitative estimate of drug-likeness (QED) is 0.761. The second-order valence-corrected chi connectivity index (χ2v) is 11.5. The van der Waals surface area contributed by atoms with Crippen molar-refractivity contribution in [2.24, 2.45) is 28.4 Å². The van der Waals surface area contributed by atoms with E-state index in [1.807, 2.05) is 19.9 Å². The standard InChI is InChI=1S/C26H38N2O3/c1-24(2,23(27)31)17-11-9-16(10-12-17)22(30)28-14-13-26(5)19-7-6-8-20(29)18(19)15-21(28)25(26,3)4/h6-8,16-17,21,29H,9-15H2,1-5H3,(H2,27,31)/t16-,17+,21-,26+/m1/s1. The molecule has 1 aliphatic heterocycles. The van der Waals surface area contributed by atoms with Crippen LogP contribution < -0.4 is 5.73 Å². The first-order chi connectivity index (χ1) is 14.4. The third kappa shape index (κ3) is 3.18. The molecule has 2 aliphatic carbocycles. The maximum atomic E-state index is 13.7. The van der Waals surface area contributed by atoms with Crippen molar-refractivity contribution in [2.45, 2.75) is 84.6 Å². The van der Waals surface area contributed by atoms with Gasteiger partial charge in [-0.05, 0) is 67.1 Å². The van der Waals surface area contributed by atoms with Gasteiger partial charge in [-0.25, -0.2) is 0 Å². The highest BCUT2D eigenvalue weighted by molar-refractivity contribution is 5.81. The van der Waals surface area contributed by atoms with Gasteiger partial charge >= 0.3 is 0 Å². The Labute approximate surface area is 186 Å². The predicted octanol–water partition coefficient (Wildman–Crippen LogP) is 4.15. The average Bonchev–Trinajstić information content (AvgIpc) is 2.71. The summed E-state index contributed by atoms with van der Waals surface area (Å²) in [6.07, 6.45) is 5.00. The topological polar surface area (TPSA) is 83.6 Å². The molecule has 2 atom stereocenters. The van der Waals surface area contributed by atoms with E-state index in [0.29, 0.717) is 12.2 Å². The van der Waals surface area contributed by atoms with Crippen molar-refractivity contribution in [3.63, 3.8) is 0 Å². The Hall–Kier alpha value is -2.04. The number of aromatic hydroxyl groups is 1. The van der Waals surface area contributed by atoms with E-state index in [2.05, 4.69) is 31.7 Å². The minimum Gasteiger partial charge on any atom is -0.508 e. The molecule has 1 saturated heterocycles. The molecule has 2 amide bonds. The molecule has 0 unspecified atom stereocenters. The van der Waals surface area contributed by atoms with Crippen LogP contribution in [0.5, 0.6) is 5.75 Å². The van der Waals surface area contributed by atoms with Crippen LogP contribution in [-0.2, 0) is 21.4 Å². The number of phenols is 1. The first-order valence-electron chi connectivity index (χ1n) is 11.8. The van der Waals surface area contributed by atoms with E-state index in [1.54, 1.807) is 6.07 Å². The number of primary amides is 1. The van der Waals surface area contributed by atoms with Gasteiger partial charge in [-0.2, -0.15) is 0 Å². The van der Waals surface area contributed by atoms with Gasteiger partial charge < -0.3 is 15.7 Å². The number of fused-ring (bicyclic) bond motifs is 4. The zero-order valence-corrected chi connectivity index (χ0v) is 19.7. The summed E-state index contributed by atoms with van der Waals surface area (Å²) in [4.78, 5) is 27.7. The van der Waals surface area contributed by atoms with Crippen LogP contribution in [0.2, 0.25) is 0 Å². The molecule has 1 aromatic carbocycles. The van der Waals surface area contributed by atoms with Gasteiger partial charge in [0.15, 0.2) is 0 Å². The van der Waals surface area contributed by atoms with Crippen LogP contribution in [0.4, 0.5) is 0 Å². The van der Waals surface area contributed by atoms with Gasteiger partial charge in [-0.3, -0.25) is 9.59 Å². The molecule has 3 N–H and O–H groups in total. The molecule has 0 radical (unpaired) electrons. The summed E-state index contributed by atoms with van der Waals surface area (Å²) in [5.74, 6) is 0.626. The number of rotatable bonds is 3. The third-order valence-electron chi connectivity index (χ3n) is 9.64. The molecule has 3 aliphatic rings. The highest BCUT2D eigenvalue weighted by atomic mass is 16.3. The van der Waals surface area contributed by atoms with Gasteiger partial charge in [0.05, 0.1) is 0 Å². The van der Waals surface area contributed by atoms with E-state index in [4.69, 9.17) is 5.73 Å². The van der Waals surface area contributed by atoms with Crippen molar-refractivity contribution in [1.82, 2.24) is 4.90 Å². The second kappa shape index (κ2) is 7.25. The highest BCUT2D eigenvalue weighted by Crippen LogP contribution is 2.57. The Morgan fingerprint density at radius 3 is 2.39 bits per heavy atom. The summed E-state index contributed by atoms with van der Waals surface area (Å²) in [5.41, 5.74) is 7.22. The minimum atomic E-state index is -0.520. The van der Waals surface area contributed by atoms with Crippen LogP contribution in [0.3, 0.4) is 0 Å². The fourth-order valence-corrected chi connectivity index (χ4v) is 6.69. The summed E-state index contributed by atoms with van der Waals surface area (Å²) in [6, 6.07) is 5.95. The first-order valence-corrected chi connectivity index (χ1v) is 11.8. The molecule has 5 heteroatoms. The molecule has 31 heavy (non-hydrogen) atoms. The fourth-order valence-electron chi connectivity index (χ4n) is 6.69. The largest absolute Gasteiger partial charge is 0.508 e. The minimum absolute atomic E-state index is 0.0193. The number of nitrogens with zero attached hydrogens (tertiary/aromatic N) is 1. The lowest BCUT2D eigenvalue weighted by atomic mass is 9.51. The van der Waals surface area contributed by atoms with Crippen molar-refractivity contribution >= 4 is 11.8 Å². The lowest BCUT2D eigenvalue weighted by Gasteiger charge is -2.61. The van der Waals surface area contributed by atoms with Gasteiger partial charge in [-0.1, -0.05) is 46.8 Å². The molecule has 2 fully saturated rings. The predicted molar refractivity (Wildman–Crippen MR) is 121 cm³/mol. The van der Waals surface area contributed by atoms with E-state index in [0.717, 1.165) is 44.2 Å². The molecular formula is C26H38N2O3. The molecule has 0 aromatic heterocycles. The molecule has 1 heterocycles. The van der Waals surface area contributed by atoms with Gasteiger partial charge in [0.2, 0.25) is 11.8 Å². The van der Waals surface area contributed by atoms with Crippen LogP contribution in [-0.4, -0.2) is 34.4 Å². The van der Waals surface area contributed by atoms with E-state index < -0.39 is 5.41 Å². The van der Waals surface area contributed by atoms with E-state index in [-0.39, 0.29) is 40.5 Å². The number of benzene rings is 1. The Morgan fingerprint density at radius 2 is 1.77 bits per heavy atom. The first kappa shape index (κ1) is 22.2. The normalized spacial score (nSPS) is 32.3. The molecule has 2 bridgehead atoms. The van der Waals surface area contributed by atoms with E-state index >= 15 is 0 Å². The number of hydrogen-bond acceptors (Lipinski definition) is 3. The molecule has 4 rings (SSSR count). The van der Waals surface area contributed by atoms with Crippen LogP contribution in [0.25, 0.3) is 0 Å². The molecular weight excluding hydrogens is 388 g/mol. The van der Waals surface area contributed by atoms with Crippen molar-refractivity contribution in [3.8, 4) is 5.75 Å². The number of amides is 2. The van der Waals surface area contributed by atoms with Crippen molar-refractivity contribution in [2.75, 3.05) is 6.54 Å². The Morgan fingerprint density at radius 1 is 1.13 bits per heavy atom. The lowest BCUT2D eigenvalue weighted by Crippen LogP contribution is -2.65. The van der Waals surface area contributed by atoms with Gasteiger partial charge in [0.1, 0.15) is 5.75 Å². The maximum absolute atomic E-state index is 13.7. The fraction of sp³-hybridized carbons (Fsp3) is 0.692. The molecule has 5 nitrogen and oxygen atoms in total. The van der Waals surface area contributed by atoms with E-state index in [9.17, 15) is 14.7 Å². The van der Waals surface area contributed by atoms with Crippen molar-refractivity contribution < 1.29 is 14.7 Å². The lowest BCUT2D eigenvalue weighted by molar-refractivity contribution is -0.150. The Kier molecular flexibility index (Phi) is 5.18. The zero-order valence-electron chi connectivity index (χ0n) is 19.7. The number of piperidine rings is 1. The summed E-state index contributed by atoms with van der Waals surface area (Å²) in [7, 11) is 0. The van der Waals surface area contributed by atoms with Gasteiger partial charge in [-0.15, -0.1) is 0 Å². The van der Waals surface area contributed by atoms with Crippen LogP contribution in [0.15, 0.2) is 18.2 Å². The van der Waals surface area contributed by atoms with Gasteiger partial charge in [0.25, 0.3) is 0 Å².